The van der Waals surface area contributed by atoms with Crippen molar-refractivity contribution in [2.75, 3.05) is 26.3 Å². The predicted molar refractivity (Wildman–Crippen MR) is 116 cm³/mol. The van der Waals surface area contributed by atoms with Crippen molar-refractivity contribution in [1.29, 1.82) is 0 Å². The molecule has 8 nitrogen and oxygen atoms in total. The maximum Gasteiger partial charge on any atom is 0.291 e. The number of hydrogen-bond donors (Lipinski definition) is 1. The normalized spacial score (nSPS) is 20.8. The number of hydrogen-bond acceptors (Lipinski definition) is 6. The number of nitrogens with zero attached hydrogens (tertiary/aromatic N) is 4. The fourth-order valence-corrected chi connectivity index (χ4v) is 5.34. The summed E-state index contributed by atoms with van der Waals surface area (Å²) in [6.07, 6.45) is 2.02. The van der Waals surface area contributed by atoms with E-state index in [4.69, 9.17) is 4.74 Å². The molecule has 160 valence electrons. The number of rotatable bonds is 5. The van der Waals surface area contributed by atoms with Gasteiger partial charge in [0.2, 0.25) is 5.91 Å². The van der Waals surface area contributed by atoms with Crippen LogP contribution < -0.4 is 10.9 Å². The van der Waals surface area contributed by atoms with Gasteiger partial charge in [-0.3, -0.25) is 18.9 Å². The third-order valence-electron chi connectivity index (χ3n) is 6.08. The van der Waals surface area contributed by atoms with E-state index >= 15 is 0 Å². The molecule has 2 saturated heterocycles. The van der Waals surface area contributed by atoms with Crippen molar-refractivity contribution < 1.29 is 9.53 Å². The zero-order chi connectivity index (χ0) is 20.8. The summed E-state index contributed by atoms with van der Waals surface area (Å²) in [5, 5.41) is 10.8. The first-order valence-corrected chi connectivity index (χ1v) is 11.5. The van der Waals surface area contributed by atoms with Crippen molar-refractivity contribution in [3.8, 4) is 0 Å². The van der Waals surface area contributed by atoms with Crippen molar-refractivity contribution in [1.82, 2.24) is 24.4 Å². The molecule has 2 aliphatic heterocycles. The third kappa shape index (κ3) is 3.44. The Kier molecular flexibility index (Phi) is 5.12. The lowest BCUT2D eigenvalue weighted by molar-refractivity contribution is -0.123. The predicted octanol–water partition coefficient (Wildman–Crippen LogP) is 1.81. The van der Waals surface area contributed by atoms with Gasteiger partial charge in [-0.15, -0.1) is 11.3 Å². The molecule has 5 rings (SSSR count). The van der Waals surface area contributed by atoms with Gasteiger partial charge in [0.25, 0.3) is 5.56 Å². The molecule has 2 fully saturated rings. The molecule has 0 spiro atoms. The number of carbonyl (C=O) groups is 1. The monoisotopic (exact) mass is 429 g/mol. The fraction of sp³-hybridized carbons (Fsp3) is 0.571. The van der Waals surface area contributed by atoms with Crippen LogP contribution in [0, 0.1) is 0 Å². The Labute approximate surface area is 178 Å². The second-order valence-electron chi connectivity index (χ2n) is 8.61. The van der Waals surface area contributed by atoms with E-state index in [1.165, 1.54) is 4.68 Å². The van der Waals surface area contributed by atoms with Crippen LogP contribution in [0.5, 0.6) is 0 Å². The molecule has 0 radical (unpaired) electrons. The Bertz CT molecular complexity index is 1140. The number of aromatic nitrogens is 3. The molecule has 1 atom stereocenters. The van der Waals surface area contributed by atoms with Gasteiger partial charge in [-0.2, -0.15) is 5.10 Å². The van der Waals surface area contributed by atoms with Gasteiger partial charge in [0.15, 0.2) is 0 Å². The number of piperidine rings is 1. The van der Waals surface area contributed by atoms with Crippen LogP contribution in [-0.2, 0) is 16.1 Å². The number of fused-ring (bicyclic) bond motifs is 3. The minimum atomic E-state index is -0.227. The van der Waals surface area contributed by atoms with E-state index in [1.807, 2.05) is 21.9 Å². The third-order valence-corrected chi connectivity index (χ3v) is 6.99. The maximum absolute atomic E-state index is 13.1. The highest BCUT2D eigenvalue weighted by Crippen LogP contribution is 2.26. The van der Waals surface area contributed by atoms with E-state index in [0.717, 1.165) is 55.2 Å². The molecule has 1 amide bonds. The summed E-state index contributed by atoms with van der Waals surface area (Å²) in [6.45, 7) is 7.51. The summed E-state index contributed by atoms with van der Waals surface area (Å²) in [4.78, 5) is 29.3. The highest BCUT2D eigenvalue weighted by Gasteiger charge is 2.31. The van der Waals surface area contributed by atoms with Gasteiger partial charge in [-0.25, -0.2) is 4.68 Å². The maximum atomic E-state index is 13.1. The molecular weight excluding hydrogens is 402 g/mol. The lowest BCUT2D eigenvalue weighted by atomic mass is 10.0. The van der Waals surface area contributed by atoms with Crippen LogP contribution in [0.25, 0.3) is 15.7 Å². The van der Waals surface area contributed by atoms with Crippen molar-refractivity contribution in [3.63, 3.8) is 0 Å². The van der Waals surface area contributed by atoms with Gasteiger partial charge in [0, 0.05) is 23.9 Å². The molecule has 1 N–H and O–H groups in total. The summed E-state index contributed by atoms with van der Waals surface area (Å²) >= 11 is 1.60. The van der Waals surface area contributed by atoms with Gasteiger partial charge in [-0.05, 0) is 36.9 Å². The number of likely N-dealkylation sites (tertiary alicyclic amines) is 1. The van der Waals surface area contributed by atoms with E-state index in [1.54, 1.807) is 11.3 Å². The van der Waals surface area contributed by atoms with E-state index < -0.39 is 0 Å². The summed E-state index contributed by atoms with van der Waals surface area (Å²) in [7, 11) is 0. The molecule has 0 saturated carbocycles. The highest BCUT2D eigenvalue weighted by atomic mass is 32.1. The SMILES string of the molecule is CC(C)c1nn(CC(=O)N[C@@H]2CCCN(C3COC3)C2)c(=O)c2cc3ccsc3n12. The molecule has 30 heavy (non-hydrogen) atoms. The topological polar surface area (TPSA) is 80.9 Å². The second kappa shape index (κ2) is 7.79. The van der Waals surface area contributed by atoms with Crippen molar-refractivity contribution in [3.05, 3.63) is 33.7 Å². The standard InChI is InChI=1S/C21H27N5O3S/c1-13(2)19-23-25(20(28)17-8-14-5-7-30-21(14)26(17)19)10-18(27)22-15-4-3-6-24(9-15)16-11-29-12-16/h5,7-8,13,15-16H,3-4,6,9-12H2,1-2H3,(H,22,27)/t15-/m1/s1. The number of amides is 1. The van der Waals surface area contributed by atoms with Crippen LogP contribution in [0.3, 0.4) is 0 Å². The summed E-state index contributed by atoms with van der Waals surface area (Å²) < 4.78 is 8.57. The molecule has 0 aromatic carbocycles. The second-order valence-corrected chi connectivity index (χ2v) is 9.51. The number of thiophene rings is 1. The van der Waals surface area contributed by atoms with Gasteiger partial charge < -0.3 is 10.1 Å². The first kappa shape index (κ1) is 19.7. The molecule has 5 heterocycles. The van der Waals surface area contributed by atoms with Crippen LogP contribution in [-0.4, -0.2) is 63.4 Å². The van der Waals surface area contributed by atoms with E-state index in [2.05, 4.69) is 29.2 Å². The van der Waals surface area contributed by atoms with Crippen molar-refractivity contribution in [2.45, 2.75) is 51.2 Å². The minimum absolute atomic E-state index is 0.0586. The molecule has 3 aromatic rings. The van der Waals surface area contributed by atoms with Gasteiger partial charge >= 0.3 is 0 Å². The first-order valence-electron chi connectivity index (χ1n) is 10.6. The lowest BCUT2D eigenvalue weighted by Gasteiger charge is -2.42. The van der Waals surface area contributed by atoms with E-state index in [9.17, 15) is 9.59 Å². The Balaban J connectivity index is 1.37. The van der Waals surface area contributed by atoms with Crippen LogP contribution in [0.15, 0.2) is 22.3 Å². The smallest absolute Gasteiger partial charge is 0.291 e. The molecule has 9 heteroatoms. The Morgan fingerprint density at radius 3 is 2.97 bits per heavy atom. The molecule has 0 unspecified atom stereocenters. The Morgan fingerprint density at radius 2 is 2.23 bits per heavy atom. The summed E-state index contributed by atoms with van der Waals surface area (Å²) in [5.41, 5.74) is 0.354. The van der Waals surface area contributed by atoms with Crippen LogP contribution in [0.1, 0.15) is 38.4 Å². The minimum Gasteiger partial charge on any atom is -0.378 e. The van der Waals surface area contributed by atoms with Gasteiger partial charge in [-0.1, -0.05) is 13.8 Å². The van der Waals surface area contributed by atoms with Gasteiger partial charge in [0.1, 0.15) is 22.7 Å². The average molecular weight is 430 g/mol. The van der Waals surface area contributed by atoms with Crippen molar-refractivity contribution in [2.24, 2.45) is 0 Å². The Morgan fingerprint density at radius 1 is 1.40 bits per heavy atom. The van der Waals surface area contributed by atoms with E-state index in [-0.39, 0.29) is 30.0 Å². The molecule has 0 bridgehead atoms. The van der Waals surface area contributed by atoms with Gasteiger partial charge in [0.05, 0.1) is 19.3 Å². The van der Waals surface area contributed by atoms with Crippen LogP contribution in [0.2, 0.25) is 0 Å². The van der Waals surface area contributed by atoms with Crippen molar-refractivity contribution >= 4 is 33.0 Å². The highest BCUT2D eigenvalue weighted by molar-refractivity contribution is 7.16. The summed E-state index contributed by atoms with van der Waals surface area (Å²) in [5.74, 6) is 0.758. The largest absolute Gasteiger partial charge is 0.378 e. The number of ether oxygens (including phenoxy) is 1. The molecule has 2 aliphatic rings. The van der Waals surface area contributed by atoms with Crippen LogP contribution in [0.4, 0.5) is 0 Å². The zero-order valence-corrected chi connectivity index (χ0v) is 18.2. The quantitative estimate of drug-likeness (QED) is 0.669. The lowest BCUT2D eigenvalue weighted by Crippen LogP contribution is -2.57. The van der Waals surface area contributed by atoms with Crippen LogP contribution >= 0.6 is 11.3 Å². The molecule has 3 aromatic heterocycles. The number of carbonyl (C=O) groups excluding carboxylic acids is 1. The first-order chi connectivity index (χ1) is 14.5. The van der Waals surface area contributed by atoms with E-state index in [0.29, 0.717) is 11.6 Å². The number of nitrogens with one attached hydrogen (secondary N) is 1. The zero-order valence-electron chi connectivity index (χ0n) is 17.3. The fourth-order valence-electron chi connectivity index (χ4n) is 4.44. The molecular formula is C21H27N5O3S. The Hall–Kier alpha value is -2.23. The molecule has 0 aliphatic carbocycles. The average Bonchev–Trinajstić information content (AvgIpc) is 3.24. The summed E-state index contributed by atoms with van der Waals surface area (Å²) in [6, 6.07) is 4.49.